The van der Waals surface area contributed by atoms with Crippen molar-refractivity contribution in [3.63, 3.8) is 0 Å². The van der Waals surface area contributed by atoms with Gasteiger partial charge in [-0.05, 0) is 53.0 Å². The van der Waals surface area contributed by atoms with Crippen molar-refractivity contribution < 1.29 is 4.57 Å². The van der Waals surface area contributed by atoms with E-state index in [1.165, 1.54) is 17.1 Å². The van der Waals surface area contributed by atoms with E-state index in [0.717, 1.165) is 0 Å². The highest BCUT2D eigenvalue weighted by atomic mass is 79.9. The summed E-state index contributed by atoms with van der Waals surface area (Å²) in [5, 5.41) is 3.93. The fraction of sp³-hybridized carbons (Fsp3) is 0.200. The van der Waals surface area contributed by atoms with E-state index in [-0.39, 0.29) is 10.8 Å². The van der Waals surface area contributed by atoms with E-state index >= 15 is 0 Å². The van der Waals surface area contributed by atoms with Crippen LogP contribution in [0.25, 0.3) is 10.9 Å². The summed E-state index contributed by atoms with van der Waals surface area (Å²) in [6, 6.07) is 3.43. The smallest absolute Gasteiger partial charge is 0.261 e. The van der Waals surface area contributed by atoms with Crippen molar-refractivity contribution in [1.82, 2.24) is 19.5 Å². The summed E-state index contributed by atoms with van der Waals surface area (Å²) in [5.74, 6) is 0.412. The van der Waals surface area contributed by atoms with Crippen LogP contribution >= 0.6 is 34.7 Å². The lowest BCUT2D eigenvalue weighted by atomic mass is 10.2. The van der Waals surface area contributed by atoms with Gasteiger partial charge in [0.2, 0.25) is 5.28 Å². The van der Waals surface area contributed by atoms with Gasteiger partial charge in [-0.25, -0.2) is 9.97 Å². The molecule has 0 aliphatic heterocycles. The van der Waals surface area contributed by atoms with Crippen LogP contribution in [-0.2, 0) is 11.6 Å². The second kappa shape index (κ2) is 6.52. The normalized spacial score (nSPS) is 11.7. The number of hydrogen-bond donors (Lipinski definition) is 1. The molecular formula is C15H14BrClN5O2P. The summed E-state index contributed by atoms with van der Waals surface area (Å²) in [4.78, 5) is 24.9. The Labute approximate surface area is 157 Å². The van der Waals surface area contributed by atoms with Crippen LogP contribution < -0.4 is 16.2 Å². The van der Waals surface area contributed by atoms with Gasteiger partial charge in [-0.2, -0.15) is 4.98 Å². The summed E-state index contributed by atoms with van der Waals surface area (Å²) < 4.78 is 14.9. The van der Waals surface area contributed by atoms with Crippen molar-refractivity contribution in [2.24, 2.45) is 7.05 Å². The van der Waals surface area contributed by atoms with Gasteiger partial charge in [-0.15, -0.1) is 0 Å². The van der Waals surface area contributed by atoms with Crippen LogP contribution in [0, 0.1) is 0 Å². The molecule has 3 rings (SSSR count). The summed E-state index contributed by atoms with van der Waals surface area (Å²) in [7, 11) is -1.21. The third-order valence-electron chi connectivity index (χ3n) is 3.57. The molecule has 0 aliphatic rings. The molecule has 25 heavy (non-hydrogen) atoms. The monoisotopic (exact) mass is 441 g/mol. The molecule has 2 aromatic heterocycles. The highest BCUT2D eigenvalue weighted by molar-refractivity contribution is 9.10. The largest absolute Gasteiger partial charge is 0.339 e. The molecule has 1 N–H and O–H groups in total. The number of anilines is 2. The first-order valence-electron chi connectivity index (χ1n) is 7.17. The molecule has 0 radical (unpaired) electrons. The maximum atomic E-state index is 13.0. The molecular weight excluding hydrogens is 429 g/mol. The number of rotatable bonds is 3. The van der Waals surface area contributed by atoms with E-state index < -0.39 is 7.14 Å². The van der Waals surface area contributed by atoms with Crippen molar-refractivity contribution >= 4 is 62.4 Å². The van der Waals surface area contributed by atoms with Crippen LogP contribution in [-0.4, -0.2) is 32.8 Å². The van der Waals surface area contributed by atoms with Gasteiger partial charge in [0, 0.05) is 18.5 Å². The second-order valence-corrected chi connectivity index (χ2v) is 10.2. The molecule has 0 amide bonds. The minimum absolute atomic E-state index is 0.0711. The van der Waals surface area contributed by atoms with Crippen LogP contribution in [0.5, 0.6) is 0 Å². The molecule has 10 heteroatoms. The van der Waals surface area contributed by atoms with Crippen LogP contribution in [0.4, 0.5) is 11.5 Å². The molecule has 0 saturated carbocycles. The molecule has 130 valence electrons. The first-order chi connectivity index (χ1) is 11.7. The Bertz CT molecular complexity index is 1100. The Balaban J connectivity index is 2.32. The van der Waals surface area contributed by atoms with Gasteiger partial charge in [-0.3, -0.25) is 4.79 Å². The molecule has 0 atom stereocenters. The first-order valence-corrected chi connectivity index (χ1v) is 10.9. The standard InChI is InChI=1S/C15H14BrClN5O2P/c1-22-7-19-9-4-5-10(12(25(2,3)24)11(9)14(22)23)20-13-8(16)6-18-15(17)21-13/h4-7H,1-3H3,(H,18,20,21). The van der Waals surface area contributed by atoms with Crippen LogP contribution in [0.2, 0.25) is 5.28 Å². The molecule has 1 aromatic carbocycles. The van der Waals surface area contributed by atoms with Gasteiger partial charge < -0.3 is 14.4 Å². The lowest BCUT2D eigenvalue weighted by Gasteiger charge is -2.17. The lowest BCUT2D eigenvalue weighted by Crippen LogP contribution is -2.24. The van der Waals surface area contributed by atoms with E-state index in [2.05, 4.69) is 36.2 Å². The molecule has 7 nitrogen and oxygen atoms in total. The highest BCUT2D eigenvalue weighted by Crippen LogP contribution is 2.41. The molecule has 0 unspecified atom stereocenters. The Morgan fingerprint density at radius 2 is 2.00 bits per heavy atom. The SMILES string of the molecule is Cn1cnc2ccc(Nc3nc(Cl)ncc3Br)c(P(C)(C)=O)c2c1=O. The van der Waals surface area contributed by atoms with Crippen molar-refractivity contribution in [2.45, 2.75) is 0 Å². The minimum Gasteiger partial charge on any atom is -0.339 e. The summed E-state index contributed by atoms with van der Waals surface area (Å²) in [6.45, 7) is 3.22. The fourth-order valence-corrected chi connectivity index (χ4v) is 4.38. The first kappa shape index (κ1) is 18.0. The van der Waals surface area contributed by atoms with Crippen LogP contribution in [0.3, 0.4) is 0 Å². The van der Waals surface area contributed by atoms with E-state index in [9.17, 15) is 9.36 Å². The highest BCUT2D eigenvalue weighted by Gasteiger charge is 2.23. The topological polar surface area (TPSA) is 89.8 Å². The minimum atomic E-state index is -2.82. The Hall–Kier alpha value is -1.76. The zero-order valence-corrected chi connectivity index (χ0v) is 16.9. The van der Waals surface area contributed by atoms with Gasteiger partial charge in [-0.1, -0.05) is 0 Å². The predicted molar refractivity (Wildman–Crippen MR) is 104 cm³/mol. The average Bonchev–Trinajstić information content (AvgIpc) is 2.53. The second-order valence-electron chi connectivity index (χ2n) is 5.83. The molecule has 0 fully saturated rings. The molecule has 0 aliphatic carbocycles. The Kier molecular flexibility index (Phi) is 4.70. The van der Waals surface area contributed by atoms with Crippen LogP contribution in [0.15, 0.2) is 33.9 Å². The van der Waals surface area contributed by atoms with E-state index in [4.69, 9.17) is 11.6 Å². The van der Waals surface area contributed by atoms with Crippen molar-refractivity contribution in [3.8, 4) is 0 Å². The van der Waals surface area contributed by atoms with Gasteiger partial charge in [0.15, 0.2) is 0 Å². The fourth-order valence-electron chi connectivity index (χ4n) is 2.50. The van der Waals surface area contributed by atoms with Crippen molar-refractivity contribution in [2.75, 3.05) is 18.6 Å². The molecule has 0 spiro atoms. The number of benzene rings is 1. The zero-order valence-electron chi connectivity index (χ0n) is 13.6. The number of halogens is 2. The quantitative estimate of drug-likeness (QED) is 0.495. The van der Waals surface area contributed by atoms with Crippen LogP contribution in [0.1, 0.15) is 0 Å². The van der Waals surface area contributed by atoms with E-state index in [1.807, 2.05) is 0 Å². The lowest BCUT2D eigenvalue weighted by molar-refractivity contribution is 0.588. The van der Waals surface area contributed by atoms with Gasteiger partial charge in [0.05, 0.1) is 27.4 Å². The van der Waals surface area contributed by atoms with E-state index in [0.29, 0.717) is 32.2 Å². The molecule has 0 saturated heterocycles. The van der Waals surface area contributed by atoms with Gasteiger partial charge in [0.25, 0.3) is 5.56 Å². The van der Waals surface area contributed by atoms with Crippen molar-refractivity contribution in [3.05, 3.63) is 44.8 Å². The number of aryl methyl sites for hydroxylation is 1. The third kappa shape index (κ3) is 3.47. The summed E-state index contributed by atoms with van der Waals surface area (Å²) in [6.07, 6.45) is 2.95. The Morgan fingerprint density at radius 3 is 2.68 bits per heavy atom. The Morgan fingerprint density at radius 1 is 1.28 bits per heavy atom. The average molecular weight is 443 g/mol. The third-order valence-corrected chi connectivity index (χ3v) is 5.87. The van der Waals surface area contributed by atoms with E-state index in [1.54, 1.807) is 32.5 Å². The predicted octanol–water partition coefficient (Wildman–Crippen LogP) is 3.13. The number of fused-ring (bicyclic) bond motifs is 1. The number of aromatic nitrogens is 4. The van der Waals surface area contributed by atoms with Gasteiger partial charge in [0.1, 0.15) is 13.0 Å². The zero-order chi connectivity index (χ0) is 18.4. The number of nitrogens with one attached hydrogen (secondary N) is 1. The summed E-state index contributed by atoms with van der Waals surface area (Å²) >= 11 is 9.20. The van der Waals surface area contributed by atoms with Gasteiger partial charge >= 0.3 is 0 Å². The summed E-state index contributed by atoms with van der Waals surface area (Å²) in [5.41, 5.74) is 0.751. The maximum Gasteiger partial charge on any atom is 0.261 e. The molecule has 0 bridgehead atoms. The number of nitrogens with zero attached hydrogens (tertiary/aromatic N) is 4. The maximum absolute atomic E-state index is 13.0. The number of hydrogen-bond acceptors (Lipinski definition) is 6. The molecule has 2 heterocycles. The molecule has 3 aromatic rings. The van der Waals surface area contributed by atoms with Crippen molar-refractivity contribution in [1.29, 1.82) is 0 Å².